The molecule has 0 aliphatic carbocycles. The van der Waals surface area contributed by atoms with Gasteiger partial charge in [-0.3, -0.25) is 0 Å². The summed E-state index contributed by atoms with van der Waals surface area (Å²) in [5.41, 5.74) is 10.8. The number of aromatic nitrogens is 1. The van der Waals surface area contributed by atoms with Crippen LogP contribution in [0.15, 0.2) is 89.5 Å². The fourth-order valence-electron chi connectivity index (χ4n) is 6.56. The summed E-state index contributed by atoms with van der Waals surface area (Å²) in [6, 6.07) is 28.0. The van der Waals surface area contributed by atoms with Crippen molar-refractivity contribution in [2.75, 3.05) is 0 Å². The second-order valence-corrected chi connectivity index (χ2v) is 21.2. The molecule has 0 N–H and O–H groups in total. The van der Waals surface area contributed by atoms with Crippen molar-refractivity contribution in [3.05, 3.63) is 107 Å². The molecule has 0 spiro atoms. The van der Waals surface area contributed by atoms with E-state index in [4.69, 9.17) is 8.53 Å². The molecule has 0 aliphatic rings. The average molecular weight is 628 g/mol. The summed E-state index contributed by atoms with van der Waals surface area (Å²) in [5, 5.41) is 3.59. The number of aryl methyl sites for hydroxylation is 3. The van der Waals surface area contributed by atoms with Crippen LogP contribution in [0.2, 0.25) is 19.6 Å². The molecule has 0 amide bonds. The van der Waals surface area contributed by atoms with Gasteiger partial charge in [0, 0.05) is 26.5 Å². The van der Waals surface area contributed by atoms with Crippen LogP contribution in [0.4, 0.5) is 0 Å². The summed E-state index contributed by atoms with van der Waals surface area (Å²) in [7, 11) is 0.691. The summed E-state index contributed by atoms with van der Waals surface area (Å²) in [5.74, 6) is 0. The van der Waals surface area contributed by atoms with E-state index in [9.17, 15) is 0 Å². The van der Waals surface area contributed by atoms with E-state index >= 15 is 0 Å². The SMILES string of the molecule is [2H]C([2H])([2H])c1cc(C(C)(C)C)ccc1-c1cc(-c2c(C)ccc3c2oc2cc(-c4ccc([Si](C)(C)C)cc4)ccc23)[n+](C)cc1C(C)(C)C. The molecule has 0 saturated carbocycles. The van der Waals surface area contributed by atoms with E-state index in [0.717, 1.165) is 66.6 Å². The van der Waals surface area contributed by atoms with Gasteiger partial charge in [-0.2, -0.15) is 0 Å². The van der Waals surface area contributed by atoms with Gasteiger partial charge in [0.1, 0.15) is 18.2 Å². The molecule has 4 aromatic carbocycles. The number of fused-ring (bicyclic) bond motifs is 3. The van der Waals surface area contributed by atoms with Crippen LogP contribution < -0.4 is 9.75 Å². The zero-order valence-corrected chi connectivity index (χ0v) is 30.4. The van der Waals surface area contributed by atoms with Crippen molar-refractivity contribution in [2.45, 2.75) is 85.8 Å². The Bertz CT molecular complexity index is 2220. The van der Waals surface area contributed by atoms with Gasteiger partial charge < -0.3 is 4.42 Å². The highest BCUT2D eigenvalue weighted by atomic mass is 28.3. The standard InChI is InChI=1S/C43H50NOSi/c1-27-13-20-35-34-21-16-30(29-14-18-32(19-15-29)46(10,11)12)24-39(34)45-41(35)40(27)38-25-36(37(26-44(38)9)43(6,7)8)33-22-17-31(23-28(33)2)42(3,4)5/h13-26H,1-12H3/q+1/i2D3. The first-order valence-electron chi connectivity index (χ1n) is 17.9. The Morgan fingerprint density at radius 2 is 1.37 bits per heavy atom. The molecule has 6 rings (SSSR count). The lowest BCUT2D eigenvalue weighted by Crippen LogP contribution is -2.37. The highest BCUT2D eigenvalue weighted by Crippen LogP contribution is 2.42. The number of nitrogens with zero attached hydrogens (tertiary/aromatic N) is 1. The monoisotopic (exact) mass is 627 g/mol. The van der Waals surface area contributed by atoms with Crippen molar-refractivity contribution >= 4 is 35.2 Å². The van der Waals surface area contributed by atoms with Crippen molar-refractivity contribution in [3.8, 4) is 33.5 Å². The number of pyridine rings is 1. The van der Waals surface area contributed by atoms with Gasteiger partial charge >= 0.3 is 0 Å². The molecule has 0 fully saturated rings. The fourth-order valence-corrected chi connectivity index (χ4v) is 7.73. The Morgan fingerprint density at radius 1 is 0.696 bits per heavy atom. The van der Waals surface area contributed by atoms with Crippen LogP contribution in [0.1, 0.15) is 67.9 Å². The van der Waals surface area contributed by atoms with Crippen LogP contribution in [0.25, 0.3) is 55.4 Å². The van der Waals surface area contributed by atoms with Crippen molar-refractivity contribution in [1.82, 2.24) is 0 Å². The molecule has 0 bridgehead atoms. The molecule has 0 radical (unpaired) electrons. The Hall–Kier alpha value is -3.95. The zero-order chi connectivity index (χ0) is 35.8. The van der Waals surface area contributed by atoms with Gasteiger partial charge in [-0.25, -0.2) is 4.57 Å². The Kier molecular flexibility index (Phi) is 6.82. The highest BCUT2D eigenvalue weighted by molar-refractivity contribution is 6.88. The average Bonchev–Trinajstić information content (AvgIpc) is 3.37. The quantitative estimate of drug-likeness (QED) is 0.140. The van der Waals surface area contributed by atoms with Gasteiger partial charge in [-0.1, -0.05) is 127 Å². The maximum atomic E-state index is 8.59. The normalized spacial score (nSPS) is 14.0. The predicted molar refractivity (Wildman–Crippen MR) is 201 cm³/mol. The Balaban J connectivity index is 1.58. The molecule has 0 saturated heterocycles. The maximum Gasteiger partial charge on any atom is 0.216 e. The molecule has 236 valence electrons. The van der Waals surface area contributed by atoms with Gasteiger partial charge in [0.05, 0.1) is 13.6 Å². The number of hydrogen-bond acceptors (Lipinski definition) is 1. The minimum Gasteiger partial charge on any atom is -0.455 e. The van der Waals surface area contributed by atoms with Crippen molar-refractivity contribution in [2.24, 2.45) is 7.05 Å². The zero-order valence-electron chi connectivity index (χ0n) is 32.4. The van der Waals surface area contributed by atoms with Crippen molar-refractivity contribution in [1.29, 1.82) is 0 Å². The summed E-state index contributed by atoms with van der Waals surface area (Å²) in [6.07, 6.45) is 2.18. The third-order valence-electron chi connectivity index (χ3n) is 9.45. The third-order valence-corrected chi connectivity index (χ3v) is 11.5. The van der Waals surface area contributed by atoms with Crippen molar-refractivity contribution < 1.29 is 13.1 Å². The van der Waals surface area contributed by atoms with Gasteiger partial charge in [-0.05, 0) is 75.7 Å². The third kappa shape index (κ3) is 5.75. The summed E-state index contributed by atoms with van der Waals surface area (Å²) in [4.78, 5) is 0. The number of hydrogen-bond donors (Lipinski definition) is 0. The van der Waals surface area contributed by atoms with E-state index in [1.807, 2.05) is 12.1 Å². The number of benzene rings is 4. The Labute approximate surface area is 281 Å². The van der Waals surface area contributed by atoms with Gasteiger partial charge in [-0.15, -0.1) is 0 Å². The van der Waals surface area contributed by atoms with Crippen molar-refractivity contribution in [3.63, 3.8) is 0 Å². The molecule has 2 heterocycles. The second kappa shape index (κ2) is 11.1. The van der Waals surface area contributed by atoms with E-state index in [2.05, 4.69) is 153 Å². The molecule has 46 heavy (non-hydrogen) atoms. The Morgan fingerprint density at radius 3 is 2.00 bits per heavy atom. The first-order chi connectivity index (χ1) is 22.6. The largest absolute Gasteiger partial charge is 0.455 e. The van der Waals surface area contributed by atoms with E-state index in [1.54, 1.807) is 0 Å². The first kappa shape index (κ1) is 28.3. The van der Waals surface area contributed by atoms with Gasteiger partial charge in [0.15, 0.2) is 6.20 Å². The van der Waals surface area contributed by atoms with Crippen LogP contribution in [0.5, 0.6) is 0 Å². The van der Waals surface area contributed by atoms with Crippen LogP contribution in [0.3, 0.4) is 0 Å². The molecule has 3 heteroatoms. The van der Waals surface area contributed by atoms with E-state index in [0.29, 0.717) is 5.56 Å². The highest BCUT2D eigenvalue weighted by Gasteiger charge is 2.29. The summed E-state index contributed by atoms with van der Waals surface area (Å²) < 4.78 is 34.7. The molecular weight excluding hydrogens is 575 g/mol. The smallest absolute Gasteiger partial charge is 0.216 e. The maximum absolute atomic E-state index is 8.59. The molecule has 6 aromatic rings. The van der Waals surface area contributed by atoms with Crippen LogP contribution in [0, 0.1) is 13.8 Å². The lowest BCUT2D eigenvalue weighted by atomic mass is 9.79. The molecule has 0 atom stereocenters. The second-order valence-electron chi connectivity index (χ2n) is 16.1. The summed E-state index contributed by atoms with van der Waals surface area (Å²) in [6.45, 7) is 19.9. The molecule has 0 aliphatic heterocycles. The number of rotatable bonds is 4. The molecule has 2 aromatic heterocycles. The topological polar surface area (TPSA) is 17.0 Å². The molecule has 2 nitrogen and oxygen atoms in total. The van der Waals surface area contributed by atoms with E-state index < -0.39 is 14.9 Å². The van der Waals surface area contributed by atoms with Crippen LogP contribution in [-0.2, 0) is 17.9 Å². The van der Waals surface area contributed by atoms with E-state index in [1.165, 1.54) is 10.8 Å². The first-order valence-corrected chi connectivity index (χ1v) is 19.9. The molecular formula is C43H50NOSi+. The van der Waals surface area contributed by atoms with Gasteiger partial charge in [0.2, 0.25) is 5.69 Å². The lowest BCUT2D eigenvalue weighted by molar-refractivity contribution is -0.660. The van der Waals surface area contributed by atoms with Crippen LogP contribution in [-0.4, -0.2) is 8.07 Å². The minimum atomic E-state index is -2.27. The summed E-state index contributed by atoms with van der Waals surface area (Å²) >= 11 is 0. The predicted octanol–water partition coefficient (Wildman–Crippen LogP) is 11.2. The minimum absolute atomic E-state index is 0.176. The fraction of sp³-hybridized carbons (Fsp3) is 0.326. The lowest BCUT2D eigenvalue weighted by Gasteiger charge is -2.25. The van der Waals surface area contributed by atoms with E-state index in [-0.39, 0.29) is 10.8 Å². The van der Waals surface area contributed by atoms with Crippen LogP contribution >= 0.6 is 0 Å². The number of furan rings is 1. The molecule has 0 unspecified atom stereocenters. The van der Waals surface area contributed by atoms with Gasteiger partial charge in [0.25, 0.3) is 0 Å².